The molecule has 4 nitrogen and oxygen atoms in total. The van der Waals surface area contributed by atoms with Crippen LogP contribution in [0.3, 0.4) is 0 Å². The molecule has 0 bridgehead atoms. The van der Waals surface area contributed by atoms with Crippen LogP contribution in [0.15, 0.2) is 24.3 Å². The van der Waals surface area contributed by atoms with Crippen molar-refractivity contribution in [3.63, 3.8) is 0 Å². The van der Waals surface area contributed by atoms with Crippen LogP contribution in [0.4, 0.5) is 5.69 Å². The molecule has 0 saturated carbocycles. The van der Waals surface area contributed by atoms with E-state index in [1.165, 1.54) is 7.11 Å². The number of benzene rings is 1. The van der Waals surface area contributed by atoms with Crippen molar-refractivity contribution in [2.75, 3.05) is 12.4 Å². The van der Waals surface area contributed by atoms with Crippen molar-refractivity contribution in [1.29, 1.82) is 5.26 Å². The lowest BCUT2D eigenvalue weighted by molar-refractivity contribution is -0.140. The fourth-order valence-corrected chi connectivity index (χ4v) is 1.31. The zero-order valence-corrected chi connectivity index (χ0v) is 9.36. The number of esters is 1. The van der Waals surface area contributed by atoms with Gasteiger partial charge in [0.25, 0.3) is 0 Å². The van der Waals surface area contributed by atoms with E-state index < -0.39 is 0 Å². The van der Waals surface area contributed by atoms with Gasteiger partial charge < -0.3 is 10.1 Å². The van der Waals surface area contributed by atoms with Crippen molar-refractivity contribution in [1.82, 2.24) is 0 Å². The second-order valence-electron chi connectivity index (χ2n) is 3.51. The van der Waals surface area contributed by atoms with E-state index in [1.54, 1.807) is 12.1 Å². The molecule has 0 aliphatic carbocycles. The molecule has 0 heterocycles. The van der Waals surface area contributed by atoms with Gasteiger partial charge in [-0.3, -0.25) is 4.79 Å². The van der Waals surface area contributed by atoms with Crippen molar-refractivity contribution in [3.8, 4) is 6.07 Å². The van der Waals surface area contributed by atoms with Crippen LogP contribution >= 0.6 is 0 Å². The van der Waals surface area contributed by atoms with Crippen molar-refractivity contribution >= 4 is 11.7 Å². The van der Waals surface area contributed by atoms with E-state index in [9.17, 15) is 4.79 Å². The number of nitrogens with one attached hydrogen (secondary N) is 1. The Balaban J connectivity index is 2.53. The van der Waals surface area contributed by atoms with Crippen LogP contribution in [0.1, 0.15) is 18.9 Å². The first-order valence-electron chi connectivity index (χ1n) is 4.99. The fraction of sp³-hybridized carbons (Fsp3) is 0.333. The van der Waals surface area contributed by atoms with Crippen molar-refractivity contribution < 1.29 is 9.53 Å². The molecule has 84 valence electrons. The third-order valence-corrected chi connectivity index (χ3v) is 2.13. The van der Waals surface area contributed by atoms with Gasteiger partial charge in [-0.15, -0.1) is 0 Å². The zero-order valence-electron chi connectivity index (χ0n) is 9.36. The molecule has 16 heavy (non-hydrogen) atoms. The second-order valence-corrected chi connectivity index (χ2v) is 3.51. The first kappa shape index (κ1) is 12.1. The molecule has 1 N–H and O–H groups in total. The molecule has 0 aromatic heterocycles. The predicted molar refractivity (Wildman–Crippen MR) is 60.9 cm³/mol. The van der Waals surface area contributed by atoms with Gasteiger partial charge in [-0.05, 0) is 31.2 Å². The Morgan fingerprint density at radius 1 is 1.50 bits per heavy atom. The van der Waals surface area contributed by atoms with Crippen LogP contribution in [0.5, 0.6) is 0 Å². The number of nitrogens with zero attached hydrogens (tertiary/aromatic N) is 1. The summed E-state index contributed by atoms with van der Waals surface area (Å²) in [6.45, 7) is 1.90. The molecule has 1 aromatic rings. The molecule has 0 spiro atoms. The average molecular weight is 218 g/mol. The summed E-state index contributed by atoms with van der Waals surface area (Å²) in [7, 11) is 1.37. The number of ether oxygens (including phenoxy) is 1. The maximum atomic E-state index is 11.0. The first-order chi connectivity index (χ1) is 7.65. The van der Waals surface area contributed by atoms with E-state index in [4.69, 9.17) is 5.26 Å². The van der Waals surface area contributed by atoms with Crippen LogP contribution in [0.25, 0.3) is 0 Å². The minimum atomic E-state index is -0.242. The Kier molecular flexibility index (Phi) is 4.34. The average Bonchev–Trinajstić information content (AvgIpc) is 2.29. The van der Waals surface area contributed by atoms with Crippen LogP contribution in [0, 0.1) is 11.3 Å². The molecular formula is C12H14N2O2. The number of carbonyl (C=O) groups excluding carboxylic acids is 1. The monoisotopic (exact) mass is 218 g/mol. The number of hydrogen-bond donors (Lipinski definition) is 1. The van der Waals surface area contributed by atoms with E-state index >= 15 is 0 Å². The molecule has 0 amide bonds. The molecule has 1 aromatic carbocycles. The van der Waals surface area contributed by atoms with Gasteiger partial charge in [-0.1, -0.05) is 0 Å². The van der Waals surface area contributed by atoms with E-state index in [0.717, 1.165) is 5.69 Å². The third-order valence-electron chi connectivity index (χ3n) is 2.13. The van der Waals surface area contributed by atoms with Gasteiger partial charge >= 0.3 is 5.97 Å². The van der Waals surface area contributed by atoms with E-state index in [2.05, 4.69) is 10.1 Å². The highest BCUT2D eigenvalue weighted by molar-refractivity contribution is 5.70. The standard InChI is InChI=1S/C12H14N2O2/c1-9(7-12(15)16-2)14-11-5-3-10(8-13)4-6-11/h3-6,9,14H,7H2,1-2H3. The molecule has 0 saturated heterocycles. The Bertz CT molecular complexity index is 392. The number of carbonyl (C=O) groups is 1. The van der Waals surface area contributed by atoms with Crippen molar-refractivity contribution in [2.45, 2.75) is 19.4 Å². The number of methoxy groups -OCH3 is 1. The highest BCUT2D eigenvalue weighted by Gasteiger charge is 2.08. The summed E-state index contributed by atoms with van der Waals surface area (Å²) in [6, 6.07) is 9.13. The summed E-state index contributed by atoms with van der Waals surface area (Å²) >= 11 is 0. The third kappa shape index (κ3) is 3.62. The molecule has 4 heteroatoms. The molecule has 0 fully saturated rings. The summed E-state index contributed by atoms with van der Waals surface area (Å²) in [5.74, 6) is -0.242. The van der Waals surface area contributed by atoms with Gasteiger partial charge in [0, 0.05) is 11.7 Å². The Morgan fingerprint density at radius 3 is 2.62 bits per heavy atom. The van der Waals surface area contributed by atoms with Crippen LogP contribution in [-0.2, 0) is 9.53 Å². The van der Waals surface area contributed by atoms with Crippen LogP contribution in [-0.4, -0.2) is 19.1 Å². The summed E-state index contributed by atoms with van der Waals surface area (Å²) in [5, 5.41) is 11.8. The number of rotatable bonds is 4. The minimum Gasteiger partial charge on any atom is -0.469 e. The quantitative estimate of drug-likeness (QED) is 0.784. The highest BCUT2D eigenvalue weighted by atomic mass is 16.5. The topological polar surface area (TPSA) is 62.1 Å². The van der Waals surface area contributed by atoms with E-state index in [1.807, 2.05) is 25.1 Å². The maximum absolute atomic E-state index is 11.0. The number of nitriles is 1. The summed E-state index contributed by atoms with van der Waals surface area (Å²) in [4.78, 5) is 11.0. The minimum absolute atomic E-state index is 0.000357. The molecular weight excluding hydrogens is 204 g/mol. The lowest BCUT2D eigenvalue weighted by Crippen LogP contribution is -2.20. The van der Waals surface area contributed by atoms with Gasteiger partial charge in [-0.2, -0.15) is 5.26 Å². The van der Waals surface area contributed by atoms with Crippen molar-refractivity contribution in [3.05, 3.63) is 29.8 Å². The fourth-order valence-electron chi connectivity index (χ4n) is 1.31. The van der Waals surface area contributed by atoms with Crippen molar-refractivity contribution in [2.24, 2.45) is 0 Å². The largest absolute Gasteiger partial charge is 0.469 e. The molecule has 1 rings (SSSR count). The summed E-state index contributed by atoms with van der Waals surface area (Å²) in [5.41, 5.74) is 1.50. The molecule has 0 radical (unpaired) electrons. The summed E-state index contributed by atoms with van der Waals surface area (Å²) in [6.07, 6.45) is 0.316. The van der Waals surface area contributed by atoms with Gasteiger partial charge in [0.05, 0.1) is 25.2 Å². The van der Waals surface area contributed by atoms with Crippen LogP contribution in [0.2, 0.25) is 0 Å². The van der Waals surface area contributed by atoms with Gasteiger partial charge in [-0.25, -0.2) is 0 Å². The highest BCUT2D eigenvalue weighted by Crippen LogP contribution is 2.11. The Hall–Kier alpha value is -2.02. The van der Waals surface area contributed by atoms with E-state index in [0.29, 0.717) is 12.0 Å². The smallest absolute Gasteiger partial charge is 0.307 e. The molecule has 0 aliphatic heterocycles. The lowest BCUT2D eigenvalue weighted by Gasteiger charge is -2.13. The lowest BCUT2D eigenvalue weighted by atomic mass is 10.2. The zero-order chi connectivity index (χ0) is 12.0. The Morgan fingerprint density at radius 2 is 2.12 bits per heavy atom. The van der Waals surface area contributed by atoms with Crippen LogP contribution < -0.4 is 5.32 Å². The van der Waals surface area contributed by atoms with E-state index in [-0.39, 0.29) is 12.0 Å². The maximum Gasteiger partial charge on any atom is 0.307 e. The van der Waals surface area contributed by atoms with Gasteiger partial charge in [0.15, 0.2) is 0 Å². The van der Waals surface area contributed by atoms with Gasteiger partial charge in [0.1, 0.15) is 0 Å². The summed E-state index contributed by atoms with van der Waals surface area (Å²) < 4.78 is 4.57. The normalized spacial score (nSPS) is 11.3. The second kappa shape index (κ2) is 5.76. The first-order valence-corrected chi connectivity index (χ1v) is 4.99. The number of anilines is 1. The number of hydrogen-bond acceptors (Lipinski definition) is 4. The van der Waals surface area contributed by atoms with Gasteiger partial charge in [0.2, 0.25) is 0 Å². The molecule has 1 atom stereocenters. The Labute approximate surface area is 94.8 Å². The molecule has 1 unspecified atom stereocenters. The molecule has 0 aliphatic rings. The SMILES string of the molecule is COC(=O)CC(C)Nc1ccc(C#N)cc1. The predicted octanol–water partition coefficient (Wildman–Crippen LogP) is 1.92.